The zero-order valence-corrected chi connectivity index (χ0v) is 9.72. The number of benzene rings is 1. The second-order valence-electron chi connectivity index (χ2n) is 2.15. The van der Waals surface area contributed by atoms with Crippen LogP contribution in [0.3, 0.4) is 0 Å². The van der Waals surface area contributed by atoms with Gasteiger partial charge in [-0.25, -0.2) is 4.39 Å². The van der Waals surface area contributed by atoms with Crippen molar-refractivity contribution in [2.45, 2.75) is 0 Å². The molecule has 0 heterocycles. The number of hydrogen-bond donors (Lipinski definition) is 0. The number of carbonyl (C=O) groups excluding carboxylic acids is 1. The maximum Gasteiger partial charge on any atom is 0.177 e. The van der Waals surface area contributed by atoms with Gasteiger partial charge in [-0.2, -0.15) is 0 Å². The van der Waals surface area contributed by atoms with E-state index in [9.17, 15) is 9.18 Å². The molecule has 12 heavy (non-hydrogen) atoms. The van der Waals surface area contributed by atoms with Crippen LogP contribution in [0.15, 0.2) is 18.2 Å². The van der Waals surface area contributed by atoms with E-state index in [4.69, 9.17) is 0 Å². The van der Waals surface area contributed by atoms with Crippen molar-refractivity contribution in [1.82, 2.24) is 0 Å². The number of alkyl halides is 1. The van der Waals surface area contributed by atoms with Gasteiger partial charge in [0.25, 0.3) is 0 Å². The summed E-state index contributed by atoms with van der Waals surface area (Å²) in [5.41, 5.74) is 0.176. The highest BCUT2D eigenvalue weighted by Crippen LogP contribution is 2.16. The van der Waals surface area contributed by atoms with Crippen molar-refractivity contribution in [3.05, 3.63) is 33.1 Å². The Kier molecular flexibility index (Phi) is 3.64. The van der Waals surface area contributed by atoms with E-state index in [1.54, 1.807) is 12.1 Å². The molecule has 64 valence electrons. The smallest absolute Gasteiger partial charge is 0.177 e. The van der Waals surface area contributed by atoms with Crippen molar-refractivity contribution in [2.75, 3.05) is 5.33 Å². The van der Waals surface area contributed by atoms with Gasteiger partial charge in [0.2, 0.25) is 0 Å². The molecule has 1 nitrogen and oxygen atoms in total. The highest BCUT2D eigenvalue weighted by molar-refractivity contribution is 14.1. The van der Waals surface area contributed by atoms with Gasteiger partial charge in [-0.15, -0.1) is 0 Å². The molecule has 0 aliphatic rings. The summed E-state index contributed by atoms with van der Waals surface area (Å²) in [5, 5.41) is 0.157. The van der Waals surface area contributed by atoms with Crippen LogP contribution in [-0.4, -0.2) is 11.1 Å². The molecule has 1 aromatic rings. The normalized spacial score (nSPS) is 9.92. The number of carbonyl (C=O) groups is 1. The lowest BCUT2D eigenvalue weighted by molar-refractivity contribution is 0.101. The van der Waals surface area contributed by atoms with Crippen LogP contribution in [0, 0.1) is 9.39 Å². The van der Waals surface area contributed by atoms with Crippen molar-refractivity contribution in [3.8, 4) is 0 Å². The van der Waals surface area contributed by atoms with Gasteiger partial charge >= 0.3 is 0 Å². The van der Waals surface area contributed by atoms with Crippen molar-refractivity contribution >= 4 is 44.3 Å². The molecule has 4 heteroatoms. The monoisotopic (exact) mass is 342 g/mol. The first-order chi connectivity index (χ1) is 5.66. The topological polar surface area (TPSA) is 17.1 Å². The van der Waals surface area contributed by atoms with Gasteiger partial charge in [0.05, 0.1) is 10.9 Å². The average molecular weight is 343 g/mol. The second kappa shape index (κ2) is 4.32. The maximum absolute atomic E-state index is 13.0. The third-order valence-electron chi connectivity index (χ3n) is 1.36. The van der Waals surface area contributed by atoms with Crippen LogP contribution in [-0.2, 0) is 0 Å². The molecule has 0 bridgehead atoms. The Morgan fingerprint density at radius 3 is 2.75 bits per heavy atom. The van der Waals surface area contributed by atoms with Crippen LogP contribution < -0.4 is 0 Å². The molecule has 0 aliphatic carbocycles. The number of Topliss-reactive ketones (excluding diaryl/α,β-unsaturated/α-hetero) is 1. The Morgan fingerprint density at radius 1 is 1.58 bits per heavy atom. The largest absolute Gasteiger partial charge is 0.293 e. The van der Waals surface area contributed by atoms with Crippen LogP contribution in [0.4, 0.5) is 4.39 Å². The molecule has 0 fully saturated rings. The van der Waals surface area contributed by atoms with Gasteiger partial charge in [-0.05, 0) is 34.7 Å². The molecule has 0 atom stereocenters. The van der Waals surface area contributed by atoms with Crippen LogP contribution in [0.1, 0.15) is 10.4 Å². The average Bonchev–Trinajstić information content (AvgIpc) is 2.03. The van der Waals surface area contributed by atoms with Gasteiger partial charge in [-0.3, -0.25) is 4.79 Å². The fourth-order valence-electron chi connectivity index (χ4n) is 0.831. The summed E-state index contributed by atoms with van der Waals surface area (Å²) in [6.45, 7) is 0. The van der Waals surface area contributed by atoms with Crippen molar-refractivity contribution < 1.29 is 9.18 Å². The highest BCUT2D eigenvalue weighted by Gasteiger charge is 2.13. The Bertz CT molecular complexity index is 294. The van der Waals surface area contributed by atoms with Gasteiger partial charge in [0.1, 0.15) is 5.82 Å². The van der Waals surface area contributed by atoms with Crippen LogP contribution in [0.2, 0.25) is 0 Å². The fourth-order valence-corrected chi connectivity index (χ4v) is 1.88. The summed E-state index contributed by atoms with van der Waals surface area (Å²) in [5.74, 6) is -0.677. The molecule has 1 aromatic carbocycles. The molecule has 0 saturated heterocycles. The van der Waals surface area contributed by atoms with Gasteiger partial charge in [0.15, 0.2) is 5.78 Å². The summed E-state index contributed by atoms with van der Waals surface area (Å²) in [7, 11) is 0. The van der Waals surface area contributed by atoms with Crippen LogP contribution in [0.25, 0.3) is 0 Å². The van der Waals surface area contributed by atoms with Gasteiger partial charge in [-0.1, -0.05) is 22.0 Å². The number of halogens is 3. The van der Waals surface area contributed by atoms with Crippen LogP contribution in [0.5, 0.6) is 0 Å². The van der Waals surface area contributed by atoms with E-state index < -0.39 is 5.82 Å². The Morgan fingerprint density at radius 2 is 2.25 bits per heavy atom. The Balaban J connectivity index is 3.21. The molecule has 1 rings (SSSR count). The minimum atomic E-state index is -0.452. The van der Waals surface area contributed by atoms with Crippen molar-refractivity contribution in [2.24, 2.45) is 0 Å². The first kappa shape index (κ1) is 10.1. The minimum absolute atomic E-state index is 0.157. The summed E-state index contributed by atoms with van der Waals surface area (Å²) in [6.07, 6.45) is 0. The Hall–Kier alpha value is 0.0300. The highest BCUT2D eigenvalue weighted by atomic mass is 127. The van der Waals surface area contributed by atoms with E-state index in [2.05, 4.69) is 15.9 Å². The molecule has 0 unspecified atom stereocenters. The molecular weight excluding hydrogens is 338 g/mol. The predicted octanol–water partition coefficient (Wildman–Crippen LogP) is 3.01. The number of hydrogen-bond acceptors (Lipinski definition) is 1. The fraction of sp³-hybridized carbons (Fsp3) is 0.125. The quantitative estimate of drug-likeness (QED) is 0.459. The molecule has 0 N–H and O–H groups in total. The molecular formula is C8H5BrFIO. The molecule has 0 radical (unpaired) electrons. The third-order valence-corrected chi connectivity index (χ3v) is 2.77. The first-order valence-corrected chi connectivity index (χ1v) is 5.40. The SMILES string of the molecule is O=C(CBr)c1c(F)cccc1I. The molecule has 0 saturated carbocycles. The lowest BCUT2D eigenvalue weighted by Crippen LogP contribution is -2.05. The third kappa shape index (κ3) is 2.04. The standard InChI is InChI=1S/C8H5BrFIO/c9-4-7(12)8-5(10)2-1-3-6(8)11/h1-3H,4H2. The van der Waals surface area contributed by atoms with E-state index in [1.165, 1.54) is 6.07 Å². The van der Waals surface area contributed by atoms with Gasteiger partial charge < -0.3 is 0 Å². The van der Waals surface area contributed by atoms with Crippen LogP contribution >= 0.6 is 38.5 Å². The first-order valence-electron chi connectivity index (χ1n) is 3.20. The lowest BCUT2D eigenvalue weighted by atomic mass is 10.1. The van der Waals surface area contributed by atoms with E-state index >= 15 is 0 Å². The number of rotatable bonds is 2. The summed E-state index contributed by atoms with van der Waals surface area (Å²) in [6, 6.07) is 4.58. The second-order valence-corrected chi connectivity index (χ2v) is 3.88. The Labute approximate surface area is 91.6 Å². The van der Waals surface area contributed by atoms with E-state index in [-0.39, 0.29) is 16.7 Å². The molecule has 0 spiro atoms. The van der Waals surface area contributed by atoms with Crippen molar-refractivity contribution in [3.63, 3.8) is 0 Å². The van der Waals surface area contributed by atoms with E-state index in [0.717, 1.165) is 0 Å². The minimum Gasteiger partial charge on any atom is -0.293 e. The summed E-state index contributed by atoms with van der Waals surface area (Å²) >= 11 is 4.94. The number of ketones is 1. The molecule has 0 amide bonds. The molecule has 0 aromatic heterocycles. The molecule has 0 aliphatic heterocycles. The summed E-state index contributed by atoms with van der Waals surface area (Å²) in [4.78, 5) is 11.2. The van der Waals surface area contributed by atoms with Crippen molar-refractivity contribution in [1.29, 1.82) is 0 Å². The van der Waals surface area contributed by atoms with E-state index in [1.807, 2.05) is 22.6 Å². The zero-order valence-electron chi connectivity index (χ0n) is 5.98. The lowest BCUT2D eigenvalue weighted by Gasteiger charge is -2.01. The van der Waals surface area contributed by atoms with Gasteiger partial charge in [0, 0.05) is 3.57 Å². The maximum atomic E-state index is 13.0. The summed E-state index contributed by atoms with van der Waals surface area (Å²) < 4.78 is 13.7. The zero-order chi connectivity index (χ0) is 9.14. The predicted molar refractivity (Wildman–Crippen MR) is 57.2 cm³/mol. The van der Waals surface area contributed by atoms with E-state index in [0.29, 0.717) is 3.57 Å².